The highest BCUT2D eigenvalue weighted by Crippen LogP contribution is 2.48. The summed E-state index contributed by atoms with van der Waals surface area (Å²) >= 11 is 5.01. The molecule has 2 aliphatic rings. The van der Waals surface area contributed by atoms with Gasteiger partial charge in [-0.1, -0.05) is 17.7 Å². The molecule has 156 valence electrons. The molecule has 0 saturated carbocycles. The third-order valence-electron chi connectivity index (χ3n) is 5.46. The number of carbonyl (C=O) groups excluding carboxylic acids is 2. The summed E-state index contributed by atoms with van der Waals surface area (Å²) in [5.74, 6) is -0.589. The number of hydrogen-bond acceptors (Lipinski definition) is 6. The van der Waals surface area contributed by atoms with Crippen LogP contribution in [0.4, 0.5) is 5.69 Å². The Kier molecular flexibility index (Phi) is 5.84. The predicted octanol–water partition coefficient (Wildman–Crippen LogP) is 5.16. The summed E-state index contributed by atoms with van der Waals surface area (Å²) in [5, 5.41) is 0. The van der Waals surface area contributed by atoms with E-state index in [4.69, 9.17) is 10.5 Å². The van der Waals surface area contributed by atoms with Gasteiger partial charge in [-0.25, -0.2) is 4.79 Å². The minimum absolute atomic E-state index is 0.0668. The molecule has 5 nitrogen and oxygen atoms in total. The van der Waals surface area contributed by atoms with E-state index in [-0.39, 0.29) is 12.4 Å². The standard InChI is InChI=1S/C23H23BrN2O3S/c1-3-29-23(28)21-20(17-11-12-18(24)30-17)19-15(5-4-6-16(19)27)26(22(21)25)14-9-7-13(2)8-10-14/h7-12,20H,3-6,25H2,1-2H3/t20-/m0/s1. The number of halogens is 1. The number of thiophene rings is 1. The number of carbonyl (C=O) groups is 2. The molecule has 7 heteroatoms. The normalized spacial score (nSPS) is 19.2. The van der Waals surface area contributed by atoms with Crippen LogP contribution in [0.5, 0.6) is 0 Å². The molecule has 1 aromatic heterocycles. The van der Waals surface area contributed by atoms with Crippen molar-refractivity contribution in [3.8, 4) is 0 Å². The number of Topliss-reactive ketones (excluding diaryl/α,β-unsaturated/α-hetero) is 1. The van der Waals surface area contributed by atoms with Gasteiger partial charge in [0.15, 0.2) is 5.78 Å². The van der Waals surface area contributed by atoms with Gasteiger partial charge in [0.1, 0.15) is 5.82 Å². The van der Waals surface area contributed by atoms with Crippen molar-refractivity contribution in [3.05, 3.63) is 73.3 Å². The zero-order chi connectivity index (χ0) is 21.4. The number of benzene rings is 1. The number of ether oxygens (including phenoxy) is 1. The summed E-state index contributed by atoms with van der Waals surface area (Å²) in [6.45, 7) is 4.02. The highest BCUT2D eigenvalue weighted by atomic mass is 79.9. The number of aryl methyl sites for hydroxylation is 1. The van der Waals surface area contributed by atoms with Gasteiger partial charge >= 0.3 is 5.97 Å². The second kappa shape index (κ2) is 8.40. The molecule has 0 bridgehead atoms. The lowest BCUT2D eigenvalue weighted by Gasteiger charge is -2.40. The number of nitrogens with zero attached hydrogens (tertiary/aromatic N) is 1. The van der Waals surface area contributed by atoms with E-state index in [1.807, 2.05) is 48.2 Å². The number of hydrogen-bond donors (Lipinski definition) is 1. The van der Waals surface area contributed by atoms with Crippen LogP contribution in [-0.4, -0.2) is 18.4 Å². The first-order chi connectivity index (χ1) is 14.4. The quantitative estimate of drug-likeness (QED) is 0.603. The van der Waals surface area contributed by atoms with E-state index in [0.717, 1.165) is 38.5 Å². The van der Waals surface area contributed by atoms with Crippen LogP contribution in [0.3, 0.4) is 0 Å². The van der Waals surface area contributed by atoms with Gasteiger partial charge in [-0.05, 0) is 66.9 Å². The molecule has 1 atom stereocenters. The first-order valence-corrected chi connectivity index (χ1v) is 11.6. The molecule has 0 unspecified atom stereocenters. The van der Waals surface area contributed by atoms with Crippen LogP contribution in [-0.2, 0) is 14.3 Å². The van der Waals surface area contributed by atoms with Crippen molar-refractivity contribution in [1.82, 2.24) is 0 Å². The zero-order valence-corrected chi connectivity index (χ0v) is 19.3. The Morgan fingerprint density at radius 3 is 2.60 bits per heavy atom. The molecule has 0 saturated heterocycles. The molecule has 2 heterocycles. The lowest BCUT2D eigenvalue weighted by atomic mass is 9.77. The maximum absolute atomic E-state index is 13.2. The first kappa shape index (κ1) is 20.9. The van der Waals surface area contributed by atoms with Gasteiger partial charge in [0.05, 0.1) is 21.9 Å². The maximum atomic E-state index is 13.2. The summed E-state index contributed by atoms with van der Waals surface area (Å²) in [6.07, 6.45) is 1.97. The molecule has 0 radical (unpaired) electrons. The van der Waals surface area contributed by atoms with Gasteiger partial charge in [-0.15, -0.1) is 11.3 Å². The van der Waals surface area contributed by atoms with Crippen LogP contribution in [0.15, 0.2) is 62.8 Å². The Morgan fingerprint density at radius 2 is 1.97 bits per heavy atom. The third-order valence-corrected chi connectivity index (χ3v) is 7.15. The van der Waals surface area contributed by atoms with E-state index in [1.54, 1.807) is 6.92 Å². The van der Waals surface area contributed by atoms with E-state index < -0.39 is 11.9 Å². The van der Waals surface area contributed by atoms with E-state index in [9.17, 15) is 9.59 Å². The number of allylic oxidation sites excluding steroid dienone is 2. The van der Waals surface area contributed by atoms with Crippen molar-refractivity contribution < 1.29 is 14.3 Å². The van der Waals surface area contributed by atoms with Gasteiger partial charge in [0.2, 0.25) is 0 Å². The molecular weight excluding hydrogens is 464 g/mol. The number of anilines is 1. The molecule has 1 aliphatic heterocycles. The summed E-state index contributed by atoms with van der Waals surface area (Å²) in [6, 6.07) is 11.8. The molecule has 0 amide bonds. The number of nitrogens with two attached hydrogens (primary N) is 1. The van der Waals surface area contributed by atoms with Crippen molar-refractivity contribution in [1.29, 1.82) is 0 Å². The van der Waals surface area contributed by atoms with Crippen molar-refractivity contribution in [2.24, 2.45) is 5.73 Å². The zero-order valence-electron chi connectivity index (χ0n) is 16.9. The molecule has 2 aromatic rings. The van der Waals surface area contributed by atoms with Crippen molar-refractivity contribution in [2.75, 3.05) is 11.5 Å². The largest absolute Gasteiger partial charge is 0.463 e. The van der Waals surface area contributed by atoms with E-state index in [2.05, 4.69) is 15.9 Å². The van der Waals surface area contributed by atoms with Crippen molar-refractivity contribution >= 4 is 44.7 Å². The molecule has 4 rings (SSSR count). The first-order valence-electron chi connectivity index (χ1n) is 9.97. The highest BCUT2D eigenvalue weighted by Gasteiger charge is 2.43. The Hall–Kier alpha value is -2.38. The number of ketones is 1. The highest BCUT2D eigenvalue weighted by molar-refractivity contribution is 9.11. The number of esters is 1. The topological polar surface area (TPSA) is 72.6 Å². The van der Waals surface area contributed by atoms with Crippen LogP contribution in [0, 0.1) is 6.92 Å². The Morgan fingerprint density at radius 1 is 1.23 bits per heavy atom. The fourth-order valence-corrected chi connectivity index (χ4v) is 5.70. The molecule has 30 heavy (non-hydrogen) atoms. The van der Waals surface area contributed by atoms with Crippen LogP contribution >= 0.6 is 27.3 Å². The maximum Gasteiger partial charge on any atom is 0.338 e. The molecule has 1 aromatic carbocycles. The molecule has 0 fully saturated rings. The summed E-state index contributed by atoms with van der Waals surface area (Å²) < 4.78 is 6.32. The molecule has 2 N–H and O–H groups in total. The minimum atomic E-state index is -0.509. The van der Waals surface area contributed by atoms with Crippen LogP contribution in [0.25, 0.3) is 0 Å². The SMILES string of the molecule is CCOC(=O)C1=C(N)N(c2ccc(C)cc2)C2=C(C(=O)CCC2)[C@@H]1c1ccc(Br)s1. The van der Waals surface area contributed by atoms with E-state index in [0.29, 0.717) is 23.4 Å². The average molecular weight is 487 g/mol. The summed E-state index contributed by atoms with van der Waals surface area (Å²) in [4.78, 5) is 29.0. The fraction of sp³-hybridized carbons (Fsp3) is 0.304. The summed E-state index contributed by atoms with van der Waals surface area (Å²) in [7, 11) is 0. The molecule has 1 aliphatic carbocycles. The Labute approximate surface area is 188 Å². The van der Waals surface area contributed by atoms with Gasteiger partial charge in [0.25, 0.3) is 0 Å². The van der Waals surface area contributed by atoms with Crippen molar-refractivity contribution in [2.45, 2.75) is 39.0 Å². The van der Waals surface area contributed by atoms with Gasteiger partial charge < -0.3 is 10.5 Å². The monoisotopic (exact) mass is 486 g/mol. The number of rotatable bonds is 4. The molecule has 0 spiro atoms. The van der Waals surface area contributed by atoms with Gasteiger partial charge in [-0.2, -0.15) is 0 Å². The second-order valence-corrected chi connectivity index (χ2v) is 9.90. The van der Waals surface area contributed by atoms with Crippen LogP contribution in [0.1, 0.15) is 42.5 Å². The van der Waals surface area contributed by atoms with Crippen LogP contribution in [0.2, 0.25) is 0 Å². The van der Waals surface area contributed by atoms with Gasteiger partial charge in [0, 0.05) is 28.3 Å². The smallest absolute Gasteiger partial charge is 0.338 e. The molecular formula is C23H23BrN2O3S. The summed E-state index contributed by atoms with van der Waals surface area (Å²) in [5.41, 5.74) is 10.5. The van der Waals surface area contributed by atoms with E-state index in [1.165, 1.54) is 11.3 Å². The second-order valence-electron chi connectivity index (χ2n) is 7.40. The minimum Gasteiger partial charge on any atom is -0.463 e. The van der Waals surface area contributed by atoms with Crippen molar-refractivity contribution in [3.63, 3.8) is 0 Å². The van der Waals surface area contributed by atoms with E-state index >= 15 is 0 Å². The average Bonchev–Trinajstić information content (AvgIpc) is 3.14. The van der Waals surface area contributed by atoms with Gasteiger partial charge in [-0.3, -0.25) is 9.69 Å². The fourth-order valence-electron chi connectivity index (χ4n) is 4.15. The lowest BCUT2D eigenvalue weighted by Crippen LogP contribution is -2.40. The lowest BCUT2D eigenvalue weighted by molar-refractivity contribution is -0.138. The third kappa shape index (κ3) is 3.61. The predicted molar refractivity (Wildman–Crippen MR) is 122 cm³/mol. The van der Waals surface area contributed by atoms with Crippen LogP contribution < -0.4 is 10.6 Å². The Balaban J connectivity index is 1.97. The Bertz CT molecular complexity index is 1070.